The fourth-order valence-corrected chi connectivity index (χ4v) is 2.21. The third kappa shape index (κ3) is 3.14. The first-order chi connectivity index (χ1) is 9.09. The Labute approximate surface area is 111 Å². The number of likely N-dealkylation sites (tertiary alicyclic amines) is 1. The van der Waals surface area contributed by atoms with Crippen molar-refractivity contribution in [1.29, 1.82) is 0 Å². The second-order valence-corrected chi connectivity index (χ2v) is 4.70. The zero-order valence-electron chi connectivity index (χ0n) is 10.9. The molecule has 1 aromatic rings. The Kier molecular flexibility index (Phi) is 4.21. The van der Waals surface area contributed by atoms with Crippen LogP contribution in [0.5, 0.6) is 0 Å². The molecule has 2 rings (SSSR count). The number of rotatable bonds is 5. The molecule has 0 aromatic carbocycles. The molecule has 6 nitrogen and oxygen atoms in total. The molecule has 1 fully saturated rings. The number of furan rings is 1. The summed E-state index contributed by atoms with van der Waals surface area (Å²) in [5.41, 5.74) is 0.133. The van der Waals surface area contributed by atoms with E-state index in [0.717, 1.165) is 25.9 Å². The number of carbonyl (C=O) groups excluding carboxylic acids is 1. The first-order valence-electron chi connectivity index (χ1n) is 6.41. The predicted octanol–water partition coefficient (Wildman–Crippen LogP) is 1.08. The summed E-state index contributed by atoms with van der Waals surface area (Å²) in [6, 6.07) is 1.07. The summed E-state index contributed by atoms with van der Waals surface area (Å²) in [7, 11) is 0. The molecular weight excluding hydrogens is 248 g/mol. The van der Waals surface area contributed by atoms with Gasteiger partial charge in [-0.25, -0.2) is 4.79 Å². The van der Waals surface area contributed by atoms with E-state index in [1.54, 1.807) is 6.92 Å². The van der Waals surface area contributed by atoms with Crippen LogP contribution in [0.2, 0.25) is 0 Å². The molecule has 1 aromatic heterocycles. The smallest absolute Gasteiger partial charge is 0.339 e. The number of hydrogen-bond acceptors (Lipinski definition) is 4. The largest absolute Gasteiger partial charge is 0.478 e. The molecule has 0 saturated carbocycles. The molecule has 1 amide bonds. The van der Waals surface area contributed by atoms with Gasteiger partial charge in [0.2, 0.25) is 5.91 Å². The molecular formula is C13H18N2O4. The van der Waals surface area contributed by atoms with Gasteiger partial charge in [-0.3, -0.25) is 10.1 Å². The SMILES string of the molecule is CC(NCc1occc1C(=O)O)C(=O)N1CCCC1. The lowest BCUT2D eigenvalue weighted by Crippen LogP contribution is -2.43. The lowest BCUT2D eigenvalue weighted by Gasteiger charge is -2.20. The van der Waals surface area contributed by atoms with Crippen LogP contribution in [-0.4, -0.2) is 41.0 Å². The molecule has 2 heterocycles. The predicted molar refractivity (Wildman–Crippen MR) is 67.8 cm³/mol. The Bertz CT molecular complexity index is 463. The third-order valence-electron chi connectivity index (χ3n) is 3.33. The molecule has 1 saturated heterocycles. The van der Waals surface area contributed by atoms with E-state index >= 15 is 0 Å². The Morgan fingerprint density at radius 3 is 2.79 bits per heavy atom. The number of nitrogens with one attached hydrogen (secondary N) is 1. The van der Waals surface area contributed by atoms with Gasteiger partial charge in [0, 0.05) is 13.1 Å². The highest BCUT2D eigenvalue weighted by Crippen LogP contribution is 2.12. The van der Waals surface area contributed by atoms with E-state index in [9.17, 15) is 9.59 Å². The molecule has 0 aliphatic carbocycles. The van der Waals surface area contributed by atoms with Crippen LogP contribution in [0.1, 0.15) is 35.9 Å². The topological polar surface area (TPSA) is 82.8 Å². The second-order valence-electron chi connectivity index (χ2n) is 4.70. The summed E-state index contributed by atoms with van der Waals surface area (Å²) in [6.07, 6.45) is 3.45. The molecule has 1 atom stereocenters. The van der Waals surface area contributed by atoms with Gasteiger partial charge in [0.15, 0.2) is 0 Å². The maximum absolute atomic E-state index is 12.0. The number of carboxylic acid groups (broad SMARTS) is 1. The molecule has 0 bridgehead atoms. The van der Waals surface area contributed by atoms with Crippen LogP contribution >= 0.6 is 0 Å². The van der Waals surface area contributed by atoms with Crippen molar-refractivity contribution >= 4 is 11.9 Å². The molecule has 19 heavy (non-hydrogen) atoms. The first kappa shape index (κ1) is 13.6. The summed E-state index contributed by atoms with van der Waals surface area (Å²) < 4.78 is 5.11. The Morgan fingerprint density at radius 1 is 1.47 bits per heavy atom. The number of nitrogens with zero attached hydrogens (tertiary/aromatic N) is 1. The van der Waals surface area contributed by atoms with Crippen LogP contribution in [0.15, 0.2) is 16.7 Å². The van der Waals surface area contributed by atoms with Crippen LogP contribution in [0.4, 0.5) is 0 Å². The molecule has 1 unspecified atom stereocenters. The average molecular weight is 266 g/mol. The highest BCUT2D eigenvalue weighted by molar-refractivity contribution is 5.88. The van der Waals surface area contributed by atoms with Gasteiger partial charge in [-0.1, -0.05) is 0 Å². The molecule has 104 valence electrons. The maximum atomic E-state index is 12.0. The minimum atomic E-state index is -1.02. The van der Waals surface area contributed by atoms with Crippen molar-refractivity contribution in [2.24, 2.45) is 0 Å². The zero-order valence-corrected chi connectivity index (χ0v) is 10.9. The van der Waals surface area contributed by atoms with E-state index in [0.29, 0.717) is 5.76 Å². The van der Waals surface area contributed by atoms with Gasteiger partial charge in [-0.05, 0) is 25.8 Å². The van der Waals surface area contributed by atoms with Crippen LogP contribution in [0.25, 0.3) is 0 Å². The lowest BCUT2D eigenvalue weighted by atomic mass is 10.2. The normalized spacial score (nSPS) is 16.6. The number of aromatic carboxylic acids is 1. The van der Waals surface area contributed by atoms with Gasteiger partial charge >= 0.3 is 5.97 Å². The lowest BCUT2D eigenvalue weighted by molar-refractivity contribution is -0.132. The third-order valence-corrected chi connectivity index (χ3v) is 3.33. The van der Waals surface area contributed by atoms with Crippen molar-refractivity contribution in [1.82, 2.24) is 10.2 Å². The standard InChI is InChI=1S/C13H18N2O4/c1-9(12(16)15-5-2-3-6-15)14-8-11-10(13(17)18)4-7-19-11/h4,7,9,14H,2-3,5-6,8H2,1H3,(H,17,18). The van der Waals surface area contributed by atoms with Crippen molar-refractivity contribution in [3.05, 3.63) is 23.7 Å². The summed E-state index contributed by atoms with van der Waals surface area (Å²) in [5, 5.41) is 11.9. The van der Waals surface area contributed by atoms with E-state index in [1.807, 2.05) is 4.90 Å². The highest BCUT2D eigenvalue weighted by atomic mass is 16.4. The minimum absolute atomic E-state index is 0.0564. The Morgan fingerprint density at radius 2 is 2.16 bits per heavy atom. The van der Waals surface area contributed by atoms with Crippen LogP contribution < -0.4 is 5.32 Å². The highest BCUT2D eigenvalue weighted by Gasteiger charge is 2.23. The van der Waals surface area contributed by atoms with Crippen LogP contribution in [-0.2, 0) is 11.3 Å². The zero-order chi connectivity index (χ0) is 13.8. The van der Waals surface area contributed by atoms with E-state index in [2.05, 4.69) is 5.32 Å². The average Bonchev–Trinajstić information content (AvgIpc) is 3.05. The van der Waals surface area contributed by atoms with Gasteiger partial charge in [0.1, 0.15) is 11.3 Å². The van der Waals surface area contributed by atoms with Gasteiger partial charge in [-0.2, -0.15) is 0 Å². The van der Waals surface area contributed by atoms with Crippen molar-refractivity contribution in [3.63, 3.8) is 0 Å². The fourth-order valence-electron chi connectivity index (χ4n) is 2.21. The van der Waals surface area contributed by atoms with Gasteiger partial charge < -0.3 is 14.4 Å². The van der Waals surface area contributed by atoms with Gasteiger partial charge in [0.05, 0.1) is 18.8 Å². The molecule has 0 spiro atoms. The van der Waals surface area contributed by atoms with Crippen LogP contribution in [0.3, 0.4) is 0 Å². The summed E-state index contributed by atoms with van der Waals surface area (Å²) in [5.74, 6) is -0.626. The summed E-state index contributed by atoms with van der Waals surface area (Å²) in [6.45, 7) is 3.64. The number of amides is 1. The minimum Gasteiger partial charge on any atom is -0.478 e. The summed E-state index contributed by atoms with van der Waals surface area (Å²) in [4.78, 5) is 24.8. The molecule has 0 radical (unpaired) electrons. The van der Waals surface area contributed by atoms with Gasteiger partial charge in [-0.15, -0.1) is 0 Å². The van der Waals surface area contributed by atoms with E-state index < -0.39 is 5.97 Å². The van der Waals surface area contributed by atoms with E-state index in [1.165, 1.54) is 12.3 Å². The van der Waals surface area contributed by atoms with E-state index in [4.69, 9.17) is 9.52 Å². The molecule has 6 heteroatoms. The Balaban J connectivity index is 1.89. The molecule has 1 aliphatic rings. The summed E-state index contributed by atoms with van der Waals surface area (Å²) >= 11 is 0. The molecule has 2 N–H and O–H groups in total. The first-order valence-corrected chi connectivity index (χ1v) is 6.41. The quantitative estimate of drug-likeness (QED) is 0.833. The Hall–Kier alpha value is -1.82. The monoisotopic (exact) mass is 266 g/mol. The molecule has 1 aliphatic heterocycles. The fraction of sp³-hybridized carbons (Fsp3) is 0.538. The van der Waals surface area contributed by atoms with Gasteiger partial charge in [0.25, 0.3) is 0 Å². The number of carbonyl (C=O) groups is 2. The van der Waals surface area contributed by atoms with Crippen molar-refractivity contribution < 1.29 is 19.1 Å². The number of hydrogen-bond donors (Lipinski definition) is 2. The second kappa shape index (κ2) is 5.88. The van der Waals surface area contributed by atoms with Crippen molar-refractivity contribution in [2.45, 2.75) is 32.4 Å². The number of carboxylic acids is 1. The van der Waals surface area contributed by atoms with Crippen molar-refractivity contribution in [3.8, 4) is 0 Å². The van der Waals surface area contributed by atoms with Crippen molar-refractivity contribution in [2.75, 3.05) is 13.1 Å². The van der Waals surface area contributed by atoms with Crippen LogP contribution in [0, 0.1) is 0 Å². The van der Waals surface area contributed by atoms with E-state index in [-0.39, 0.29) is 24.1 Å². The maximum Gasteiger partial charge on any atom is 0.339 e.